The molecule has 0 aromatic heterocycles. The summed E-state index contributed by atoms with van der Waals surface area (Å²) in [6.45, 7) is 4.65. The summed E-state index contributed by atoms with van der Waals surface area (Å²) in [7, 11) is -2.25. The highest BCUT2D eigenvalue weighted by Crippen LogP contribution is 2.23. The highest BCUT2D eigenvalue weighted by atomic mass is 35.5. The van der Waals surface area contributed by atoms with Crippen LogP contribution in [0.3, 0.4) is 0 Å². The largest absolute Gasteiger partial charge is 0.348 e. The fourth-order valence-electron chi connectivity index (χ4n) is 3.41. The Morgan fingerprint density at radius 1 is 0.906 bits per heavy atom. The molecular weight excluding hydrogens is 444 g/mol. The number of halogens is 1. The lowest BCUT2D eigenvalue weighted by atomic mass is 10.0. The summed E-state index contributed by atoms with van der Waals surface area (Å²) in [5.41, 5.74) is 4.49. The Bertz CT molecular complexity index is 1190. The Morgan fingerprint density at radius 3 is 2.16 bits per heavy atom. The van der Waals surface area contributed by atoms with Crippen molar-refractivity contribution in [3.05, 3.63) is 94.0 Å². The number of hydrogen-bond acceptors (Lipinski definition) is 3. The van der Waals surface area contributed by atoms with Crippen molar-refractivity contribution in [2.24, 2.45) is 0 Å². The zero-order valence-electron chi connectivity index (χ0n) is 18.4. The summed E-state index contributed by atoms with van der Waals surface area (Å²) in [5.74, 6) is -0.205. The fourth-order valence-corrected chi connectivity index (χ4v) is 4.73. The second-order valence-corrected chi connectivity index (χ2v) is 9.87. The molecule has 32 heavy (non-hydrogen) atoms. The maximum atomic E-state index is 12.8. The number of amides is 1. The summed E-state index contributed by atoms with van der Waals surface area (Å²) in [6, 6.07) is 18.9. The van der Waals surface area contributed by atoms with Gasteiger partial charge in [-0.2, -0.15) is 0 Å². The number of anilines is 1. The van der Waals surface area contributed by atoms with Gasteiger partial charge in [0.15, 0.2) is 0 Å². The lowest BCUT2D eigenvalue weighted by Crippen LogP contribution is -2.27. The van der Waals surface area contributed by atoms with E-state index in [1.54, 1.807) is 24.3 Å². The number of nitrogens with one attached hydrogen (secondary N) is 1. The van der Waals surface area contributed by atoms with Crippen molar-refractivity contribution in [2.45, 2.75) is 38.1 Å². The molecule has 0 radical (unpaired) electrons. The summed E-state index contributed by atoms with van der Waals surface area (Å²) < 4.78 is 26.9. The molecule has 5 nitrogen and oxygen atoms in total. The van der Waals surface area contributed by atoms with Gasteiger partial charge in [0.25, 0.3) is 15.9 Å². The normalized spacial score (nSPS) is 11.2. The van der Waals surface area contributed by atoms with E-state index >= 15 is 0 Å². The Hall–Kier alpha value is -2.83. The molecule has 3 aromatic carbocycles. The Kier molecular flexibility index (Phi) is 7.59. The Balaban J connectivity index is 1.71. The molecule has 168 valence electrons. The summed E-state index contributed by atoms with van der Waals surface area (Å²) in [4.78, 5) is 12.8. The minimum atomic E-state index is -3.73. The number of carbonyl (C=O) groups excluding carboxylic acids is 1. The zero-order chi connectivity index (χ0) is 23.3. The average Bonchev–Trinajstić information content (AvgIpc) is 2.82. The van der Waals surface area contributed by atoms with Gasteiger partial charge in [-0.05, 0) is 78.1 Å². The van der Waals surface area contributed by atoms with Crippen LogP contribution < -0.4 is 9.62 Å². The molecule has 0 bridgehead atoms. The number of carbonyl (C=O) groups is 1. The first-order chi connectivity index (χ1) is 15.3. The van der Waals surface area contributed by atoms with Gasteiger partial charge >= 0.3 is 0 Å². The number of aryl methyl sites for hydroxylation is 2. The second-order valence-electron chi connectivity index (χ2n) is 7.47. The van der Waals surface area contributed by atoms with Gasteiger partial charge in [0.05, 0.1) is 10.6 Å². The highest BCUT2D eigenvalue weighted by molar-refractivity contribution is 7.92. The smallest absolute Gasteiger partial charge is 0.264 e. The van der Waals surface area contributed by atoms with Crippen LogP contribution in [0.25, 0.3) is 0 Å². The highest BCUT2D eigenvalue weighted by Gasteiger charge is 2.21. The van der Waals surface area contributed by atoms with E-state index in [9.17, 15) is 13.2 Å². The third-order valence-corrected chi connectivity index (χ3v) is 7.52. The molecule has 7 heteroatoms. The lowest BCUT2D eigenvalue weighted by molar-refractivity contribution is 0.0951. The quantitative estimate of drug-likeness (QED) is 0.490. The summed E-state index contributed by atoms with van der Waals surface area (Å²) in [6.07, 6.45) is 1.84. The molecule has 0 aliphatic rings. The molecule has 0 spiro atoms. The Morgan fingerprint density at radius 2 is 1.56 bits per heavy atom. The minimum Gasteiger partial charge on any atom is -0.348 e. The third-order valence-electron chi connectivity index (χ3n) is 5.46. The van der Waals surface area contributed by atoms with Crippen molar-refractivity contribution in [3.8, 4) is 0 Å². The first kappa shape index (κ1) is 23.8. The van der Waals surface area contributed by atoms with Crippen molar-refractivity contribution in [3.63, 3.8) is 0 Å². The van der Waals surface area contributed by atoms with Crippen LogP contribution in [0.15, 0.2) is 71.6 Å². The number of hydrogen-bond donors (Lipinski definition) is 1. The number of benzene rings is 3. The van der Waals surface area contributed by atoms with E-state index in [1.165, 1.54) is 46.7 Å². The van der Waals surface area contributed by atoms with E-state index in [-0.39, 0.29) is 10.8 Å². The fraction of sp³-hybridized carbons (Fsp3) is 0.240. The van der Waals surface area contributed by atoms with Gasteiger partial charge < -0.3 is 5.32 Å². The van der Waals surface area contributed by atoms with E-state index in [1.807, 2.05) is 0 Å². The molecule has 0 fully saturated rings. The van der Waals surface area contributed by atoms with E-state index in [2.05, 4.69) is 37.4 Å². The zero-order valence-corrected chi connectivity index (χ0v) is 20.0. The third kappa shape index (κ3) is 5.31. The van der Waals surface area contributed by atoms with Gasteiger partial charge in [-0.15, -0.1) is 0 Å². The van der Waals surface area contributed by atoms with E-state index < -0.39 is 10.0 Å². The number of rotatable bonds is 8. The van der Waals surface area contributed by atoms with Crippen molar-refractivity contribution < 1.29 is 13.2 Å². The van der Waals surface area contributed by atoms with Crippen molar-refractivity contribution >= 4 is 33.2 Å². The molecule has 0 aliphatic heterocycles. The van der Waals surface area contributed by atoms with Crippen molar-refractivity contribution in [1.29, 1.82) is 0 Å². The van der Waals surface area contributed by atoms with Crippen LogP contribution in [0.1, 0.15) is 40.9 Å². The molecule has 1 amide bonds. The van der Waals surface area contributed by atoms with Gasteiger partial charge in [0.1, 0.15) is 0 Å². The molecular formula is C25H27ClN2O3S. The second kappa shape index (κ2) is 10.2. The average molecular weight is 471 g/mol. The first-order valence-corrected chi connectivity index (χ1v) is 12.3. The lowest BCUT2D eigenvalue weighted by Gasteiger charge is -2.20. The van der Waals surface area contributed by atoms with E-state index in [4.69, 9.17) is 11.6 Å². The van der Waals surface area contributed by atoms with Crippen LogP contribution in [0.2, 0.25) is 5.02 Å². The predicted octanol–water partition coefficient (Wildman–Crippen LogP) is 5.22. The van der Waals surface area contributed by atoms with E-state index in [0.29, 0.717) is 22.8 Å². The summed E-state index contributed by atoms with van der Waals surface area (Å²) in [5, 5.41) is 3.44. The number of sulfonamides is 1. The maximum absolute atomic E-state index is 12.8. The maximum Gasteiger partial charge on any atom is 0.264 e. The van der Waals surface area contributed by atoms with Crippen LogP contribution >= 0.6 is 11.6 Å². The van der Waals surface area contributed by atoms with Crippen LogP contribution in [-0.2, 0) is 29.4 Å². The molecule has 3 rings (SSSR count). The predicted molar refractivity (Wildman–Crippen MR) is 130 cm³/mol. The minimum absolute atomic E-state index is 0.146. The monoisotopic (exact) mass is 470 g/mol. The SMILES string of the molecule is CCc1ccc(CC)c(CNC(=O)c2ccc(N(C)S(=O)(=O)c3ccc(Cl)cc3)cc2)c1. The molecule has 1 N–H and O–H groups in total. The topological polar surface area (TPSA) is 66.5 Å². The van der Waals surface area contributed by atoms with Gasteiger partial charge in [0.2, 0.25) is 0 Å². The molecule has 0 unspecified atom stereocenters. The molecule has 0 atom stereocenters. The summed E-state index contributed by atoms with van der Waals surface area (Å²) >= 11 is 5.86. The molecule has 0 aliphatic carbocycles. The van der Waals surface area contributed by atoms with Crippen LogP contribution in [0.4, 0.5) is 5.69 Å². The van der Waals surface area contributed by atoms with Crippen LogP contribution in [0.5, 0.6) is 0 Å². The standard InChI is InChI=1S/C25H27ClN2O3S/c1-4-18-6-7-19(5-2)21(16-18)17-27-25(29)20-8-12-23(13-9-20)28(3)32(30,31)24-14-10-22(26)11-15-24/h6-16H,4-5,17H2,1-3H3,(H,27,29). The van der Waals surface area contributed by atoms with Crippen LogP contribution in [-0.4, -0.2) is 21.4 Å². The van der Waals surface area contributed by atoms with Gasteiger partial charge in [-0.25, -0.2) is 8.42 Å². The molecule has 0 heterocycles. The Labute approximate surface area is 195 Å². The van der Waals surface area contributed by atoms with Gasteiger partial charge in [0, 0.05) is 24.2 Å². The molecule has 0 saturated carbocycles. The molecule has 0 saturated heterocycles. The van der Waals surface area contributed by atoms with Crippen LogP contribution in [0, 0.1) is 0 Å². The van der Waals surface area contributed by atoms with E-state index in [0.717, 1.165) is 18.4 Å². The van der Waals surface area contributed by atoms with Gasteiger partial charge in [-0.3, -0.25) is 9.10 Å². The van der Waals surface area contributed by atoms with Gasteiger partial charge in [-0.1, -0.05) is 43.6 Å². The first-order valence-electron chi connectivity index (χ1n) is 10.5. The number of nitrogens with zero attached hydrogens (tertiary/aromatic N) is 1. The van der Waals surface area contributed by atoms with Crippen molar-refractivity contribution in [1.82, 2.24) is 5.32 Å². The van der Waals surface area contributed by atoms with Crippen molar-refractivity contribution in [2.75, 3.05) is 11.4 Å². The molecule has 3 aromatic rings.